The van der Waals surface area contributed by atoms with Crippen molar-refractivity contribution in [2.75, 3.05) is 18.4 Å². The van der Waals surface area contributed by atoms with Crippen molar-refractivity contribution in [1.82, 2.24) is 9.88 Å². The number of hydrogen-bond acceptors (Lipinski definition) is 3. The van der Waals surface area contributed by atoms with Gasteiger partial charge in [-0.05, 0) is 48.6 Å². The Hall–Kier alpha value is -2.73. The molecule has 1 saturated heterocycles. The Bertz CT molecular complexity index is 1050. The van der Waals surface area contributed by atoms with Gasteiger partial charge in [-0.1, -0.05) is 12.1 Å². The Balaban J connectivity index is 1.43. The number of fused-ring (bicyclic) bond motifs is 1. The number of hydrogen-bond donors (Lipinski definition) is 2. The molecule has 0 saturated carbocycles. The van der Waals surface area contributed by atoms with Gasteiger partial charge >= 0.3 is 0 Å². The maximum absolute atomic E-state index is 14.1. The summed E-state index contributed by atoms with van der Waals surface area (Å²) < 4.78 is 27.9. The summed E-state index contributed by atoms with van der Waals surface area (Å²) in [5.41, 5.74) is 1.57. The highest BCUT2D eigenvalue weighted by Crippen LogP contribution is 2.22. The molecule has 0 unspecified atom stereocenters. The van der Waals surface area contributed by atoms with E-state index in [1.54, 1.807) is 25.3 Å². The molecule has 2 aromatic carbocycles. The number of aryl methyl sites for hydroxylation is 1. The van der Waals surface area contributed by atoms with E-state index in [2.05, 4.69) is 15.2 Å². The standard InChI is InChI=1S/C21H21F2N3O/c1-13-2-3-15(20(23)19(13)22)11-26-9-7-17(12-26)25-16-4-5-18-14(10-16)6-8-24-21(18)27/h2-6,8,10,17,25H,7,9,11-12H2,1H3,(H,24,27)/t17-/m0/s1. The average molecular weight is 369 g/mol. The highest BCUT2D eigenvalue weighted by atomic mass is 19.2. The molecule has 0 bridgehead atoms. The van der Waals surface area contributed by atoms with E-state index in [4.69, 9.17) is 0 Å². The predicted molar refractivity (Wildman–Crippen MR) is 103 cm³/mol. The van der Waals surface area contributed by atoms with Crippen LogP contribution in [0.5, 0.6) is 0 Å². The van der Waals surface area contributed by atoms with E-state index in [-0.39, 0.29) is 11.6 Å². The van der Waals surface area contributed by atoms with Crippen molar-refractivity contribution in [3.8, 4) is 0 Å². The largest absolute Gasteiger partial charge is 0.381 e. The molecule has 1 aliphatic rings. The zero-order chi connectivity index (χ0) is 19.0. The molecule has 0 spiro atoms. The van der Waals surface area contributed by atoms with Gasteiger partial charge < -0.3 is 10.3 Å². The van der Waals surface area contributed by atoms with Crippen LogP contribution < -0.4 is 10.9 Å². The molecular formula is C21H21F2N3O. The van der Waals surface area contributed by atoms with Crippen molar-refractivity contribution >= 4 is 16.5 Å². The van der Waals surface area contributed by atoms with Gasteiger partial charge in [0.15, 0.2) is 11.6 Å². The van der Waals surface area contributed by atoms with Crippen LogP contribution in [0.1, 0.15) is 17.5 Å². The fraction of sp³-hybridized carbons (Fsp3) is 0.286. The number of anilines is 1. The topological polar surface area (TPSA) is 48.1 Å². The molecule has 4 rings (SSSR count). The Morgan fingerprint density at radius 1 is 1.19 bits per heavy atom. The van der Waals surface area contributed by atoms with Crippen molar-refractivity contribution in [3.63, 3.8) is 0 Å². The second-order valence-corrected chi connectivity index (χ2v) is 7.14. The third kappa shape index (κ3) is 3.57. The Morgan fingerprint density at radius 2 is 2.04 bits per heavy atom. The lowest BCUT2D eigenvalue weighted by Crippen LogP contribution is -2.26. The van der Waals surface area contributed by atoms with Crippen molar-refractivity contribution in [1.29, 1.82) is 0 Å². The van der Waals surface area contributed by atoms with E-state index in [1.807, 2.05) is 24.3 Å². The van der Waals surface area contributed by atoms with E-state index >= 15 is 0 Å². The molecular weight excluding hydrogens is 348 g/mol. The first-order valence-corrected chi connectivity index (χ1v) is 9.05. The van der Waals surface area contributed by atoms with Crippen molar-refractivity contribution < 1.29 is 8.78 Å². The highest BCUT2D eigenvalue weighted by Gasteiger charge is 2.24. The molecule has 3 aromatic rings. The lowest BCUT2D eigenvalue weighted by molar-refractivity contribution is 0.320. The minimum Gasteiger partial charge on any atom is -0.381 e. The summed E-state index contributed by atoms with van der Waals surface area (Å²) in [6, 6.07) is 11.1. The van der Waals surface area contributed by atoms with E-state index in [9.17, 15) is 13.6 Å². The zero-order valence-electron chi connectivity index (χ0n) is 15.1. The van der Waals surface area contributed by atoms with Gasteiger partial charge in [0.25, 0.3) is 5.56 Å². The van der Waals surface area contributed by atoms with Gasteiger partial charge in [0.05, 0.1) is 0 Å². The van der Waals surface area contributed by atoms with Gasteiger partial charge in [0.1, 0.15) is 0 Å². The Labute approximate surface area is 155 Å². The summed E-state index contributed by atoms with van der Waals surface area (Å²) in [5, 5.41) is 5.03. The van der Waals surface area contributed by atoms with Gasteiger partial charge in [0.2, 0.25) is 0 Å². The molecule has 27 heavy (non-hydrogen) atoms. The van der Waals surface area contributed by atoms with E-state index < -0.39 is 11.6 Å². The molecule has 4 nitrogen and oxygen atoms in total. The molecule has 1 aromatic heterocycles. The molecule has 1 aliphatic heterocycles. The molecule has 0 amide bonds. The van der Waals surface area contributed by atoms with Gasteiger partial charge in [0, 0.05) is 48.5 Å². The first-order valence-electron chi connectivity index (χ1n) is 9.05. The number of likely N-dealkylation sites (tertiary alicyclic amines) is 1. The number of H-pyrrole nitrogens is 1. The SMILES string of the molecule is Cc1ccc(CN2CC[C@H](Nc3ccc4c(=O)[nH]ccc4c3)C2)c(F)c1F. The van der Waals surface area contributed by atoms with Crippen LogP contribution in [0.15, 0.2) is 47.4 Å². The van der Waals surface area contributed by atoms with Crippen LogP contribution in [-0.2, 0) is 6.54 Å². The van der Waals surface area contributed by atoms with E-state index in [0.717, 1.165) is 30.6 Å². The molecule has 6 heteroatoms. The minimum absolute atomic E-state index is 0.0987. The molecule has 0 aliphatic carbocycles. The highest BCUT2D eigenvalue weighted by molar-refractivity contribution is 5.84. The number of nitrogens with zero attached hydrogens (tertiary/aromatic N) is 1. The number of halogens is 2. The maximum atomic E-state index is 14.1. The number of aromatic nitrogens is 1. The third-order valence-electron chi connectivity index (χ3n) is 5.17. The second kappa shape index (κ2) is 7.12. The normalized spacial score (nSPS) is 17.5. The van der Waals surface area contributed by atoms with Crippen LogP contribution in [0, 0.1) is 18.6 Å². The fourth-order valence-corrected chi connectivity index (χ4v) is 3.66. The van der Waals surface area contributed by atoms with Crippen LogP contribution in [0.3, 0.4) is 0 Å². The minimum atomic E-state index is -0.757. The quantitative estimate of drug-likeness (QED) is 0.735. The van der Waals surface area contributed by atoms with Crippen LogP contribution in [0.4, 0.5) is 14.5 Å². The number of nitrogens with one attached hydrogen (secondary N) is 2. The molecule has 1 atom stereocenters. The summed E-state index contributed by atoms with van der Waals surface area (Å²) in [6.07, 6.45) is 2.56. The fourth-order valence-electron chi connectivity index (χ4n) is 3.66. The van der Waals surface area contributed by atoms with Crippen LogP contribution in [0.25, 0.3) is 10.8 Å². The lowest BCUT2D eigenvalue weighted by atomic mass is 10.1. The monoisotopic (exact) mass is 369 g/mol. The molecule has 2 heterocycles. The average Bonchev–Trinajstić information content (AvgIpc) is 3.09. The Kier molecular flexibility index (Phi) is 4.66. The first kappa shape index (κ1) is 17.7. The van der Waals surface area contributed by atoms with Gasteiger partial charge in [-0.15, -0.1) is 0 Å². The molecule has 0 radical (unpaired) electrons. The van der Waals surface area contributed by atoms with Gasteiger partial charge in [-0.25, -0.2) is 8.78 Å². The summed E-state index contributed by atoms with van der Waals surface area (Å²) >= 11 is 0. The third-order valence-corrected chi connectivity index (χ3v) is 5.17. The number of aromatic amines is 1. The molecule has 2 N–H and O–H groups in total. The molecule has 1 fully saturated rings. The smallest absolute Gasteiger partial charge is 0.255 e. The number of rotatable bonds is 4. The summed E-state index contributed by atoms with van der Waals surface area (Å²) in [4.78, 5) is 16.6. The van der Waals surface area contributed by atoms with Crippen molar-refractivity contribution in [3.05, 3.63) is 75.7 Å². The van der Waals surface area contributed by atoms with Crippen LogP contribution >= 0.6 is 0 Å². The summed E-state index contributed by atoms with van der Waals surface area (Å²) in [6.45, 7) is 3.53. The maximum Gasteiger partial charge on any atom is 0.255 e. The zero-order valence-corrected chi connectivity index (χ0v) is 15.1. The predicted octanol–water partition coefficient (Wildman–Crippen LogP) is 3.80. The molecule has 140 valence electrons. The lowest BCUT2D eigenvalue weighted by Gasteiger charge is -2.18. The van der Waals surface area contributed by atoms with Crippen molar-refractivity contribution in [2.24, 2.45) is 0 Å². The summed E-state index contributed by atoms with van der Waals surface area (Å²) in [5.74, 6) is -1.50. The van der Waals surface area contributed by atoms with Gasteiger partial charge in [-0.3, -0.25) is 9.69 Å². The van der Waals surface area contributed by atoms with Crippen LogP contribution in [-0.4, -0.2) is 29.0 Å². The number of pyridine rings is 1. The van der Waals surface area contributed by atoms with E-state index in [1.165, 1.54) is 0 Å². The Morgan fingerprint density at radius 3 is 2.89 bits per heavy atom. The van der Waals surface area contributed by atoms with Gasteiger partial charge in [-0.2, -0.15) is 0 Å². The summed E-state index contributed by atoms with van der Waals surface area (Å²) in [7, 11) is 0. The first-order chi connectivity index (χ1) is 13.0. The van der Waals surface area contributed by atoms with Crippen LogP contribution in [0.2, 0.25) is 0 Å². The van der Waals surface area contributed by atoms with E-state index in [0.29, 0.717) is 23.1 Å². The second-order valence-electron chi connectivity index (χ2n) is 7.14. The van der Waals surface area contributed by atoms with Crippen molar-refractivity contribution in [2.45, 2.75) is 25.9 Å². The number of benzene rings is 2.